The van der Waals surface area contributed by atoms with Crippen LogP contribution >= 0.6 is 0 Å². The maximum absolute atomic E-state index is 13.0. The van der Waals surface area contributed by atoms with E-state index in [1.807, 2.05) is 43.3 Å². The van der Waals surface area contributed by atoms with Crippen LogP contribution in [0.2, 0.25) is 0 Å². The van der Waals surface area contributed by atoms with Crippen molar-refractivity contribution in [3.05, 3.63) is 78.2 Å². The molecule has 0 bridgehead atoms. The molecule has 34 heavy (non-hydrogen) atoms. The number of carbonyl (C=O) groups is 1. The lowest BCUT2D eigenvalue weighted by Crippen LogP contribution is -2.35. The number of rotatable bonds is 7. The van der Waals surface area contributed by atoms with Gasteiger partial charge in [-0.3, -0.25) is 19.5 Å². The van der Waals surface area contributed by atoms with E-state index >= 15 is 0 Å². The smallest absolute Gasteiger partial charge is 0.274 e. The van der Waals surface area contributed by atoms with Crippen molar-refractivity contribution in [1.82, 2.24) is 24.6 Å². The number of carbonyl (C=O) groups excluding carboxylic acids is 1. The van der Waals surface area contributed by atoms with Gasteiger partial charge in [0.05, 0.1) is 36.0 Å². The van der Waals surface area contributed by atoms with Gasteiger partial charge < -0.3 is 15.0 Å². The molecular formula is C25H27N7O2. The average molecular weight is 458 g/mol. The Morgan fingerprint density at radius 1 is 1.18 bits per heavy atom. The summed E-state index contributed by atoms with van der Waals surface area (Å²) in [7, 11) is 1.80. The molecule has 4 rings (SSSR count). The van der Waals surface area contributed by atoms with Gasteiger partial charge in [-0.05, 0) is 49.6 Å². The van der Waals surface area contributed by atoms with Crippen LogP contribution in [-0.2, 0) is 11.8 Å². The largest absolute Gasteiger partial charge is 0.378 e. The summed E-state index contributed by atoms with van der Waals surface area (Å²) in [5.74, 6) is -0.323. The van der Waals surface area contributed by atoms with Gasteiger partial charge in [-0.25, -0.2) is 4.98 Å². The first-order chi connectivity index (χ1) is 16.5. The number of allylic oxidation sites excluding steroid dienone is 2. The number of nitrogens with zero attached hydrogens (tertiary/aromatic N) is 6. The standard InChI is InChI=1S/C25H27N7O2/c1-18(15-19(16-26-2)32-11-13-34-14-12-32)20-8-6-9-22(28-20)25(33)29-23-17-31(3)30-24(23)21-7-4-5-10-27-21/h4-10,15-17H,2,11-14H2,1,3H3,(H,29,33)/b18-15+,19-16+. The van der Waals surface area contributed by atoms with Crippen molar-refractivity contribution in [1.29, 1.82) is 0 Å². The summed E-state index contributed by atoms with van der Waals surface area (Å²) in [6, 6.07) is 11.0. The van der Waals surface area contributed by atoms with Crippen LogP contribution in [0.15, 0.2) is 71.8 Å². The Bertz CT molecular complexity index is 1230. The van der Waals surface area contributed by atoms with Crippen molar-refractivity contribution < 1.29 is 9.53 Å². The molecule has 1 saturated heterocycles. The number of ether oxygens (including phenoxy) is 1. The first-order valence-electron chi connectivity index (χ1n) is 11.0. The van der Waals surface area contributed by atoms with Crippen LogP contribution in [-0.4, -0.2) is 63.6 Å². The van der Waals surface area contributed by atoms with Crippen LogP contribution in [0, 0.1) is 0 Å². The number of aromatic nitrogens is 4. The molecule has 0 aromatic carbocycles. The molecule has 9 heteroatoms. The number of aryl methyl sites for hydroxylation is 1. The monoisotopic (exact) mass is 457 g/mol. The third-order valence-corrected chi connectivity index (χ3v) is 5.33. The number of pyridine rings is 2. The molecule has 174 valence electrons. The lowest BCUT2D eigenvalue weighted by atomic mass is 10.1. The Hall–Kier alpha value is -4.11. The lowest BCUT2D eigenvalue weighted by molar-refractivity contribution is 0.0553. The number of hydrogen-bond acceptors (Lipinski definition) is 7. The second-order valence-electron chi connectivity index (χ2n) is 7.81. The zero-order valence-corrected chi connectivity index (χ0v) is 19.3. The van der Waals surface area contributed by atoms with E-state index in [1.165, 1.54) is 0 Å². The Labute approximate surface area is 198 Å². The lowest BCUT2D eigenvalue weighted by Gasteiger charge is -2.29. The number of aliphatic imine (C=N–C) groups is 1. The van der Waals surface area contributed by atoms with Gasteiger partial charge in [0.25, 0.3) is 5.91 Å². The molecule has 3 aromatic rings. The van der Waals surface area contributed by atoms with Crippen molar-refractivity contribution in [3.63, 3.8) is 0 Å². The van der Waals surface area contributed by atoms with Gasteiger partial charge in [-0.15, -0.1) is 0 Å². The van der Waals surface area contributed by atoms with Gasteiger partial charge in [-0.1, -0.05) is 12.1 Å². The van der Waals surface area contributed by atoms with E-state index < -0.39 is 0 Å². The highest BCUT2D eigenvalue weighted by molar-refractivity contribution is 6.04. The molecule has 0 unspecified atom stereocenters. The van der Waals surface area contributed by atoms with Gasteiger partial charge in [0.2, 0.25) is 0 Å². The number of morpholine rings is 1. The minimum absolute atomic E-state index is 0.305. The second-order valence-corrected chi connectivity index (χ2v) is 7.81. The Morgan fingerprint density at radius 3 is 2.71 bits per heavy atom. The molecule has 1 fully saturated rings. The van der Waals surface area contributed by atoms with Crippen molar-refractivity contribution >= 4 is 23.9 Å². The minimum atomic E-state index is -0.323. The maximum Gasteiger partial charge on any atom is 0.274 e. The highest BCUT2D eigenvalue weighted by atomic mass is 16.5. The van der Waals surface area contributed by atoms with E-state index in [2.05, 4.69) is 37.0 Å². The van der Waals surface area contributed by atoms with Crippen LogP contribution < -0.4 is 5.32 Å². The molecule has 0 radical (unpaired) electrons. The molecule has 0 spiro atoms. The minimum Gasteiger partial charge on any atom is -0.378 e. The number of amides is 1. The van der Waals surface area contributed by atoms with Crippen LogP contribution in [0.5, 0.6) is 0 Å². The summed E-state index contributed by atoms with van der Waals surface area (Å²) in [5, 5.41) is 7.37. The Balaban J connectivity index is 1.56. The van der Waals surface area contributed by atoms with E-state index in [-0.39, 0.29) is 5.91 Å². The fraction of sp³-hybridized carbons (Fsp3) is 0.240. The Kier molecular flexibility index (Phi) is 7.24. The summed E-state index contributed by atoms with van der Waals surface area (Å²) in [6.07, 6.45) is 7.17. The Morgan fingerprint density at radius 2 is 1.97 bits per heavy atom. The topological polar surface area (TPSA) is 97.5 Å². The highest BCUT2D eigenvalue weighted by Gasteiger charge is 2.17. The van der Waals surface area contributed by atoms with E-state index in [9.17, 15) is 4.79 Å². The van der Waals surface area contributed by atoms with Crippen LogP contribution in [0.25, 0.3) is 17.0 Å². The summed E-state index contributed by atoms with van der Waals surface area (Å²) in [4.78, 5) is 28.1. The fourth-order valence-electron chi connectivity index (χ4n) is 3.66. The third kappa shape index (κ3) is 5.44. The first kappa shape index (κ1) is 23.1. The van der Waals surface area contributed by atoms with Crippen molar-refractivity contribution in [2.24, 2.45) is 12.0 Å². The van der Waals surface area contributed by atoms with Crippen LogP contribution in [0.1, 0.15) is 23.1 Å². The molecule has 1 amide bonds. The summed E-state index contributed by atoms with van der Waals surface area (Å²) >= 11 is 0. The number of anilines is 1. The van der Waals surface area contributed by atoms with E-state index in [0.29, 0.717) is 41.7 Å². The molecule has 0 atom stereocenters. The van der Waals surface area contributed by atoms with Gasteiger partial charge in [0.15, 0.2) is 0 Å². The number of hydrogen-bond donors (Lipinski definition) is 1. The quantitative estimate of drug-likeness (QED) is 0.431. The molecule has 3 aromatic heterocycles. The van der Waals surface area contributed by atoms with E-state index in [0.717, 1.165) is 24.4 Å². The van der Waals surface area contributed by atoms with Crippen molar-refractivity contribution in [2.45, 2.75) is 6.92 Å². The molecule has 1 aliphatic rings. The average Bonchev–Trinajstić information content (AvgIpc) is 3.24. The van der Waals surface area contributed by atoms with Crippen molar-refractivity contribution in [2.75, 3.05) is 31.6 Å². The normalized spacial score (nSPS) is 14.7. The van der Waals surface area contributed by atoms with Gasteiger partial charge in [0.1, 0.15) is 11.4 Å². The zero-order chi connectivity index (χ0) is 23.9. The molecule has 0 saturated carbocycles. The SMILES string of the molecule is C=N/C=C(\C=C(/C)c1cccc(C(=O)Nc2cn(C)nc2-c2ccccn2)n1)N1CCOCC1. The van der Waals surface area contributed by atoms with Crippen LogP contribution in [0.3, 0.4) is 0 Å². The van der Waals surface area contributed by atoms with E-state index in [4.69, 9.17) is 4.74 Å². The second kappa shape index (κ2) is 10.7. The summed E-state index contributed by atoms with van der Waals surface area (Å²) < 4.78 is 7.09. The fourth-order valence-corrected chi connectivity index (χ4v) is 3.66. The summed E-state index contributed by atoms with van der Waals surface area (Å²) in [5.41, 5.74) is 4.69. The number of nitrogens with one attached hydrogen (secondary N) is 1. The highest BCUT2D eigenvalue weighted by Crippen LogP contribution is 2.25. The first-order valence-corrected chi connectivity index (χ1v) is 11.0. The molecule has 9 nitrogen and oxygen atoms in total. The van der Waals surface area contributed by atoms with E-state index in [1.54, 1.807) is 36.4 Å². The van der Waals surface area contributed by atoms with Gasteiger partial charge in [0, 0.05) is 38.7 Å². The predicted molar refractivity (Wildman–Crippen MR) is 132 cm³/mol. The van der Waals surface area contributed by atoms with Gasteiger partial charge >= 0.3 is 0 Å². The molecule has 1 N–H and O–H groups in total. The molecule has 4 heterocycles. The predicted octanol–water partition coefficient (Wildman–Crippen LogP) is 3.41. The molecule has 0 aliphatic carbocycles. The van der Waals surface area contributed by atoms with Crippen molar-refractivity contribution in [3.8, 4) is 11.4 Å². The molecule has 1 aliphatic heterocycles. The third-order valence-electron chi connectivity index (χ3n) is 5.33. The summed E-state index contributed by atoms with van der Waals surface area (Å²) in [6.45, 7) is 8.46. The molecular weight excluding hydrogens is 430 g/mol. The zero-order valence-electron chi connectivity index (χ0n) is 19.3. The van der Waals surface area contributed by atoms with Gasteiger partial charge in [-0.2, -0.15) is 5.10 Å². The van der Waals surface area contributed by atoms with Crippen LogP contribution in [0.4, 0.5) is 5.69 Å². The maximum atomic E-state index is 13.0.